The van der Waals surface area contributed by atoms with E-state index in [1.807, 2.05) is 0 Å². The van der Waals surface area contributed by atoms with Crippen LogP contribution in [0.2, 0.25) is 5.02 Å². The van der Waals surface area contributed by atoms with E-state index >= 15 is 0 Å². The van der Waals surface area contributed by atoms with Gasteiger partial charge in [0.15, 0.2) is 0 Å². The number of anilines is 3. The van der Waals surface area contributed by atoms with E-state index in [9.17, 15) is 21.6 Å². The number of carbonyl (C=O) groups excluding carboxylic acids is 1. The summed E-state index contributed by atoms with van der Waals surface area (Å²) in [6.45, 7) is 1.66. The van der Waals surface area contributed by atoms with E-state index in [-0.39, 0.29) is 27.8 Å². The van der Waals surface area contributed by atoms with Gasteiger partial charge in [-0.25, -0.2) is 16.8 Å². The molecule has 0 aromatic heterocycles. The van der Waals surface area contributed by atoms with Crippen molar-refractivity contribution in [3.05, 3.63) is 76.8 Å². The summed E-state index contributed by atoms with van der Waals surface area (Å²) >= 11 is 5.83. The SMILES string of the molecule is Cc1ccc(S(=O)(=O)Nc2ccc(Cl)cc2)cc1NS(=O)(=O)c1ccc2c(c1)CC(=O)N2. The topological polar surface area (TPSA) is 121 Å². The molecule has 0 radical (unpaired) electrons. The van der Waals surface area contributed by atoms with E-state index in [2.05, 4.69) is 14.8 Å². The van der Waals surface area contributed by atoms with Crippen molar-refractivity contribution in [3.8, 4) is 0 Å². The minimum Gasteiger partial charge on any atom is -0.326 e. The molecule has 0 fully saturated rings. The number of fused-ring (bicyclic) bond motifs is 1. The van der Waals surface area contributed by atoms with Crippen LogP contribution in [0.25, 0.3) is 0 Å². The Morgan fingerprint density at radius 2 is 1.47 bits per heavy atom. The molecule has 11 heteroatoms. The summed E-state index contributed by atoms with van der Waals surface area (Å²) < 4.78 is 56.3. The number of rotatable bonds is 6. The van der Waals surface area contributed by atoms with Crippen molar-refractivity contribution in [2.24, 2.45) is 0 Å². The molecule has 1 heterocycles. The molecule has 1 aliphatic heterocycles. The summed E-state index contributed by atoms with van der Waals surface area (Å²) in [5.41, 5.74) is 2.14. The van der Waals surface area contributed by atoms with Gasteiger partial charge in [-0.15, -0.1) is 0 Å². The molecule has 1 amide bonds. The molecular weight excluding hydrogens is 474 g/mol. The second-order valence-electron chi connectivity index (χ2n) is 7.24. The van der Waals surface area contributed by atoms with Crippen molar-refractivity contribution in [2.45, 2.75) is 23.1 Å². The molecule has 32 heavy (non-hydrogen) atoms. The minimum absolute atomic E-state index is 0.0281. The van der Waals surface area contributed by atoms with Crippen LogP contribution < -0.4 is 14.8 Å². The minimum atomic E-state index is -4.02. The third-order valence-electron chi connectivity index (χ3n) is 4.87. The van der Waals surface area contributed by atoms with Gasteiger partial charge in [-0.2, -0.15) is 0 Å². The molecule has 166 valence electrons. The molecule has 0 bridgehead atoms. The van der Waals surface area contributed by atoms with Gasteiger partial charge in [0.2, 0.25) is 5.91 Å². The van der Waals surface area contributed by atoms with Crippen molar-refractivity contribution in [2.75, 3.05) is 14.8 Å². The van der Waals surface area contributed by atoms with Crippen molar-refractivity contribution in [1.82, 2.24) is 0 Å². The molecule has 4 rings (SSSR count). The quantitative estimate of drug-likeness (QED) is 0.485. The van der Waals surface area contributed by atoms with E-state index in [0.717, 1.165) is 0 Å². The van der Waals surface area contributed by atoms with Crippen LogP contribution in [0.1, 0.15) is 11.1 Å². The van der Waals surface area contributed by atoms with Gasteiger partial charge in [-0.05, 0) is 72.6 Å². The smallest absolute Gasteiger partial charge is 0.261 e. The number of benzene rings is 3. The molecular formula is C21H18ClN3O5S2. The summed E-state index contributed by atoms with van der Waals surface area (Å²) in [6, 6.07) is 14.6. The number of carbonyl (C=O) groups is 1. The zero-order chi connectivity index (χ0) is 23.1. The summed E-state index contributed by atoms with van der Waals surface area (Å²) in [6.07, 6.45) is 0.0990. The Bertz CT molecular complexity index is 1440. The first-order chi connectivity index (χ1) is 15.0. The summed E-state index contributed by atoms with van der Waals surface area (Å²) in [5.74, 6) is -0.204. The average Bonchev–Trinajstić information content (AvgIpc) is 3.10. The first kappa shape index (κ1) is 22.1. The lowest BCUT2D eigenvalue weighted by atomic mass is 10.2. The molecule has 0 saturated heterocycles. The molecule has 0 aliphatic carbocycles. The number of amides is 1. The molecule has 8 nitrogen and oxygen atoms in total. The van der Waals surface area contributed by atoms with E-state index in [0.29, 0.717) is 27.5 Å². The van der Waals surface area contributed by atoms with Crippen molar-refractivity contribution >= 4 is 54.6 Å². The van der Waals surface area contributed by atoms with E-state index < -0.39 is 20.0 Å². The van der Waals surface area contributed by atoms with Crippen molar-refractivity contribution < 1.29 is 21.6 Å². The van der Waals surface area contributed by atoms with Gasteiger partial charge in [0.05, 0.1) is 21.9 Å². The van der Waals surface area contributed by atoms with E-state index in [1.165, 1.54) is 48.5 Å². The summed E-state index contributed by atoms with van der Waals surface area (Å²) in [7, 11) is -7.99. The Labute approximate surface area is 190 Å². The van der Waals surface area contributed by atoms with Gasteiger partial charge < -0.3 is 5.32 Å². The standard InChI is InChI=1S/C21H18ClN3O5S2/c1-13-2-7-18(31(27,28)24-16-5-3-15(22)4-6-16)12-20(13)25-32(29,30)17-8-9-19-14(10-17)11-21(26)23-19/h2-10,12,24-25H,11H2,1H3,(H,23,26). The average molecular weight is 492 g/mol. The lowest BCUT2D eigenvalue weighted by Gasteiger charge is -2.14. The second-order valence-corrected chi connectivity index (χ2v) is 11.0. The summed E-state index contributed by atoms with van der Waals surface area (Å²) in [4.78, 5) is 11.4. The highest BCUT2D eigenvalue weighted by molar-refractivity contribution is 7.93. The molecule has 3 aromatic rings. The first-order valence-electron chi connectivity index (χ1n) is 9.38. The highest BCUT2D eigenvalue weighted by Gasteiger charge is 2.23. The number of hydrogen-bond donors (Lipinski definition) is 3. The molecule has 0 saturated carbocycles. The predicted octanol–water partition coefficient (Wildman–Crippen LogP) is 3.74. The maximum atomic E-state index is 12.9. The number of halogens is 1. The van der Waals surface area contributed by atoms with Crippen LogP contribution in [-0.4, -0.2) is 22.7 Å². The molecule has 1 aliphatic rings. The largest absolute Gasteiger partial charge is 0.326 e. The molecule has 0 atom stereocenters. The second kappa shape index (κ2) is 8.12. The fourth-order valence-corrected chi connectivity index (χ4v) is 5.57. The Balaban J connectivity index is 1.62. The monoisotopic (exact) mass is 491 g/mol. The zero-order valence-electron chi connectivity index (χ0n) is 16.7. The normalized spacial score (nSPS) is 13.4. The first-order valence-corrected chi connectivity index (χ1v) is 12.7. The van der Waals surface area contributed by atoms with E-state index in [4.69, 9.17) is 11.6 Å². The fraction of sp³-hybridized carbons (Fsp3) is 0.0952. The van der Waals surface area contributed by atoms with Gasteiger partial charge in [-0.3, -0.25) is 14.2 Å². The highest BCUT2D eigenvalue weighted by Crippen LogP contribution is 2.29. The molecule has 0 spiro atoms. The number of sulfonamides is 2. The van der Waals surface area contributed by atoms with Crippen LogP contribution in [-0.2, 0) is 31.3 Å². The van der Waals surface area contributed by atoms with Crippen LogP contribution in [0, 0.1) is 6.92 Å². The Hall–Kier alpha value is -3.08. The maximum absolute atomic E-state index is 12.9. The molecule has 3 aromatic carbocycles. The zero-order valence-corrected chi connectivity index (χ0v) is 19.1. The Morgan fingerprint density at radius 1 is 0.844 bits per heavy atom. The van der Waals surface area contributed by atoms with E-state index in [1.54, 1.807) is 19.1 Å². The van der Waals surface area contributed by atoms with Crippen LogP contribution in [0.5, 0.6) is 0 Å². The van der Waals surface area contributed by atoms with Crippen molar-refractivity contribution in [3.63, 3.8) is 0 Å². The number of nitrogens with one attached hydrogen (secondary N) is 3. The third-order valence-corrected chi connectivity index (χ3v) is 7.87. The molecule has 0 unspecified atom stereocenters. The van der Waals surface area contributed by atoms with Gasteiger partial charge in [0.25, 0.3) is 20.0 Å². The maximum Gasteiger partial charge on any atom is 0.261 e. The summed E-state index contributed by atoms with van der Waals surface area (Å²) in [5, 5.41) is 3.11. The van der Waals surface area contributed by atoms with Gasteiger partial charge in [-0.1, -0.05) is 17.7 Å². The lowest BCUT2D eigenvalue weighted by molar-refractivity contribution is -0.115. The van der Waals surface area contributed by atoms with Crippen LogP contribution >= 0.6 is 11.6 Å². The third kappa shape index (κ3) is 4.57. The van der Waals surface area contributed by atoms with Gasteiger partial charge in [0, 0.05) is 16.4 Å². The lowest BCUT2D eigenvalue weighted by Crippen LogP contribution is -2.16. The Morgan fingerprint density at radius 3 is 2.19 bits per heavy atom. The number of hydrogen-bond acceptors (Lipinski definition) is 5. The van der Waals surface area contributed by atoms with Crippen LogP contribution in [0.3, 0.4) is 0 Å². The van der Waals surface area contributed by atoms with Gasteiger partial charge >= 0.3 is 0 Å². The Kier molecular flexibility index (Phi) is 5.61. The van der Waals surface area contributed by atoms with Crippen LogP contribution in [0.4, 0.5) is 17.1 Å². The number of aryl methyl sites for hydroxylation is 1. The fourth-order valence-electron chi connectivity index (χ4n) is 3.19. The van der Waals surface area contributed by atoms with Gasteiger partial charge in [0.1, 0.15) is 0 Å². The highest BCUT2D eigenvalue weighted by atomic mass is 35.5. The predicted molar refractivity (Wildman–Crippen MR) is 123 cm³/mol. The molecule has 3 N–H and O–H groups in total. The van der Waals surface area contributed by atoms with Crippen LogP contribution in [0.15, 0.2) is 70.5 Å². The van der Waals surface area contributed by atoms with Crippen molar-refractivity contribution in [1.29, 1.82) is 0 Å².